The molecule has 0 spiro atoms. The minimum absolute atomic E-state index is 0.331. The molecule has 0 saturated carbocycles. The number of benzene rings is 2. The molecule has 7 heteroatoms. The molecule has 1 unspecified atom stereocenters. The molecule has 0 aromatic heterocycles. The Morgan fingerprint density at radius 3 is 2.42 bits per heavy atom. The first kappa shape index (κ1) is 23.8. The number of carbonyl (C=O) groups is 2. The summed E-state index contributed by atoms with van der Waals surface area (Å²) in [6, 6.07) is 13.0. The van der Waals surface area contributed by atoms with E-state index in [-0.39, 0.29) is 12.5 Å². The van der Waals surface area contributed by atoms with Crippen LogP contribution in [-0.4, -0.2) is 45.4 Å². The van der Waals surface area contributed by atoms with Gasteiger partial charge in [-0.2, -0.15) is 0 Å². The number of carbonyl (C=O) groups excluding carboxylic acids is 2. The lowest BCUT2D eigenvalue weighted by atomic mass is 10.1. The van der Waals surface area contributed by atoms with Crippen molar-refractivity contribution in [3.63, 3.8) is 0 Å². The summed E-state index contributed by atoms with van der Waals surface area (Å²) < 4.78 is 21.1. The monoisotopic (exact) mass is 427 g/mol. The van der Waals surface area contributed by atoms with Crippen LogP contribution in [0.2, 0.25) is 0 Å². The molecule has 1 N–H and O–H groups in total. The highest BCUT2D eigenvalue weighted by Gasteiger charge is 2.18. The molecule has 0 bridgehead atoms. The molecule has 2 aromatic rings. The molecule has 1 atom stereocenters. The van der Waals surface area contributed by atoms with Crippen LogP contribution >= 0.6 is 0 Å². The van der Waals surface area contributed by atoms with E-state index in [4.69, 9.17) is 18.9 Å². The predicted octanol–water partition coefficient (Wildman–Crippen LogP) is 3.41. The van der Waals surface area contributed by atoms with Crippen LogP contribution in [0.1, 0.15) is 25.0 Å². The maximum atomic E-state index is 12.2. The van der Waals surface area contributed by atoms with Gasteiger partial charge >= 0.3 is 5.97 Å². The minimum atomic E-state index is -0.925. The Kier molecular flexibility index (Phi) is 9.42. The Morgan fingerprint density at radius 2 is 1.77 bits per heavy atom. The first-order chi connectivity index (χ1) is 15.0. The van der Waals surface area contributed by atoms with E-state index in [1.54, 1.807) is 19.2 Å². The van der Waals surface area contributed by atoms with Crippen LogP contribution < -0.4 is 19.5 Å². The average molecular weight is 427 g/mol. The molecule has 0 radical (unpaired) electrons. The fourth-order valence-corrected chi connectivity index (χ4v) is 2.79. The summed E-state index contributed by atoms with van der Waals surface area (Å²) in [5, 5.41) is 2.76. The zero-order chi connectivity index (χ0) is 22.6. The summed E-state index contributed by atoms with van der Waals surface area (Å²) in [6.07, 6.45) is 3.57. The molecule has 0 fully saturated rings. The van der Waals surface area contributed by atoms with Crippen LogP contribution in [0.4, 0.5) is 0 Å². The number of hydrogen-bond acceptors (Lipinski definition) is 6. The highest BCUT2D eigenvalue weighted by molar-refractivity contribution is 5.83. The van der Waals surface area contributed by atoms with E-state index in [1.807, 2.05) is 49.4 Å². The molecule has 0 aliphatic carbocycles. The molecule has 2 aromatic carbocycles. The summed E-state index contributed by atoms with van der Waals surface area (Å²) in [5.74, 6) is 0.700. The molecular formula is C24H29NO6. The number of amides is 1. The molecular weight excluding hydrogens is 398 g/mol. The van der Waals surface area contributed by atoms with Gasteiger partial charge in [0.25, 0.3) is 5.91 Å². The van der Waals surface area contributed by atoms with E-state index >= 15 is 0 Å². The van der Waals surface area contributed by atoms with Gasteiger partial charge in [0.15, 0.2) is 24.2 Å². The highest BCUT2D eigenvalue weighted by Crippen LogP contribution is 2.28. The summed E-state index contributed by atoms with van der Waals surface area (Å²) in [7, 11) is 3.14. The minimum Gasteiger partial charge on any atom is -0.497 e. The molecule has 1 amide bonds. The van der Waals surface area contributed by atoms with Crippen molar-refractivity contribution in [2.45, 2.75) is 26.4 Å². The normalized spacial score (nSPS) is 11.6. The third-order valence-electron chi connectivity index (χ3n) is 4.44. The van der Waals surface area contributed by atoms with Crippen LogP contribution in [0.3, 0.4) is 0 Å². The van der Waals surface area contributed by atoms with Gasteiger partial charge in [0.1, 0.15) is 5.75 Å². The van der Waals surface area contributed by atoms with Crippen molar-refractivity contribution in [1.82, 2.24) is 5.32 Å². The van der Waals surface area contributed by atoms with Crippen LogP contribution in [-0.2, 0) is 20.7 Å². The van der Waals surface area contributed by atoms with Crippen molar-refractivity contribution in [2.75, 3.05) is 27.4 Å². The lowest BCUT2D eigenvalue weighted by Gasteiger charge is -2.15. The van der Waals surface area contributed by atoms with Gasteiger partial charge < -0.3 is 24.3 Å². The van der Waals surface area contributed by atoms with E-state index in [9.17, 15) is 9.59 Å². The van der Waals surface area contributed by atoms with Crippen molar-refractivity contribution in [3.8, 4) is 17.2 Å². The van der Waals surface area contributed by atoms with Crippen LogP contribution in [0.5, 0.6) is 17.2 Å². The van der Waals surface area contributed by atoms with E-state index < -0.39 is 12.1 Å². The van der Waals surface area contributed by atoms with E-state index in [2.05, 4.69) is 5.32 Å². The summed E-state index contributed by atoms with van der Waals surface area (Å²) in [6.45, 7) is 3.54. The number of nitrogens with one attached hydrogen (secondary N) is 1. The van der Waals surface area contributed by atoms with Gasteiger partial charge in [0.05, 0.1) is 14.2 Å². The van der Waals surface area contributed by atoms with Crippen LogP contribution in [0.25, 0.3) is 6.08 Å². The largest absolute Gasteiger partial charge is 0.497 e. The molecule has 2 rings (SSSR count). The maximum absolute atomic E-state index is 12.2. The third kappa shape index (κ3) is 7.70. The molecule has 0 saturated heterocycles. The Labute approximate surface area is 183 Å². The first-order valence-electron chi connectivity index (χ1n) is 10.0. The Hall–Kier alpha value is -3.48. The van der Waals surface area contributed by atoms with Gasteiger partial charge in [0, 0.05) is 6.54 Å². The maximum Gasteiger partial charge on any atom is 0.344 e. The summed E-state index contributed by atoms with van der Waals surface area (Å²) >= 11 is 0. The number of ether oxygens (including phenoxy) is 4. The molecule has 31 heavy (non-hydrogen) atoms. The average Bonchev–Trinajstić information content (AvgIpc) is 2.78. The topological polar surface area (TPSA) is 83.1 Å². The Bertz CT molecular complexity index is 891. The third-order valence-corrected chi connectivity index (χ3v) is 4.44. The standard InChI is InChI=1S/C24H29NO6/c1-5-6-19-9-12-21(22(15-19)29-4)30-16-23(26)31-17(2)24(27)25-14-13-18-7-10-20(28-3)11-8-18/h5-12,15,17H,13-14,16H2,1-4H3,(H,25,27)/b6-5+. The fourth-order valence-electron chi connectivity index (χ4n) is 2.79. The van der Waals surface area contributed by atoms with Gasteiger partial charge in [0.2, 0.25) is 0 Å². The second kappa shape index (κ2) is 12.3. The SMILES string of the molecule is C/C=C/c1ccc(OCC(=O)OC(C)C(=O)NCCc2ccc(OC)cc2)c(OC)c1. The molecule has 0 heterocycles. The number of methoxy groups -OCH3 is 2. The zero-order valence-electron chi connectivity index (χ0n) is 18.3. The predicted molar refractivity (Wildman–Crippen MR) is 118 cm³/mol. The summed E-state index contributed by atoms with van der Waals surface area (Å²) in [4.78, 5) is 24.2. The van der Waals surface area contributed by atoms with Crippen molar-refractivity contribution in [1.29, 1.82) is 0 Å². The molecule has 0 aliphatic rings. The Balaban J connectivity index is 1.76. The smallest absolute Gasteiger partial charge is 0.344 e. The van der Waals surface area contributed by atoms with Crippen molar-refractivity contribution >= 4 is 18.0 Å². The van der Waals surface area contributed by atoms with Gasteiger partial charge in [-0.05, 0) is 55.7 Å². The van der Waals surface area contributed by atoms with Crippen molar-refractivity contribution < 1.29 is 28.5 Å². The van der Waals surface area contributed by atoms with E-state index in [0.29, 0.717) is 24.5 Å². The van der Waals surface area contributed by atoms with Gasteiger partial charge in [-0.15, -0.1) is 0 Å². The number of hydrogen-bond donors (Lipinski definition) is 1. The Morgan fingerprint density at radius 1 is 1.03 bits per heavy atom. The second-order valence-electron chi connectivity index (χ2n) is 6.72. The quantitative estimate of drug-likeness (QED) is 0.554. The van der Waals surface area contributed by atoms with Gasteiger partial charge in [-0.25, -0.2) is 4.79 Å². The molecule has 0 aliphatic heterocycles. The fraction of sp³-hybridized carbons (Fsp3) is 0.333. The molecule has 166 valence electrons. The number of allylic oxidation sites excluding steroid dienone is 1. The van der Waals surface area contributed by atoms with E-state index in [1.165, 1.54) is 14.0 Å². The zero-order valence-corrected chi connectivity index (χ0v) is 18.3. The highest BCUT2D eigenvalue weighted by atomic mass is 16.6. The van der Waals surface area contributed by atoms with Crippen LogP contribution in [0, 0.1) is 0 Å². The van der Waals surface area contributed by atoms with E-state index in [0.717, 1.165) is 16.9 Å². The van der Waals surface area contributed by atoms with Crippen LogP contribution in [0.15, 0.2) is 48.5 Å². The number of esters is 1. The number of rotatable bonds is 11. The summed E-state index contributed by atoms with van der Waals surface area (Å²) in [5.41, 5.74) is 2.02. The van der Waals surface area contributed by atoms with Crippen molar-refractivity contribution in [2.24, 2.45) is 0 Å². The van der Waals surface area contributed by atoms with Crippen molar-refractivity contribution in [3.05, 3.63) is 59.7 Å². The molecule has 7 nitrogen and oxygen atoms in total. The lowest BCUT2D eigenvalue weighted by Crippen LogP contribution is -2.37. The lowest BCUT2D eigenvalue weighted by molar-refractivity contribution is -0.156. The first-order valence-corrected chi connectivity index (χ1v) is 10.0. The second-order valence-corrected chi connectivity index (χ2v) is 6.72. The van der Waals surface area contributed by atoms with Gasteiger partial charge in [-0.3, -0.25) is 4.79 Å². The van der Waals surface area contributed by atoms with Gasteiger partial charge in [-0.1, -0.05) is 30.4 Å².